The van der Waals surface area contributed by atoms with Gasteiger partial charge in [-0.1, -0.05) is 25.3 Å². The lowest BCUT2D eigenvalue weighted by atomic mass is 9.89. The average molecular weight is 438 g/mol. The van der Waals surface area contributed by atoms with Crippen molar-refractivity contribution in [2.45, 2.75) is 104 Å². The highest BCUT2D eigenvalue weighted by molar-refractivity contribution is 6.01. The van der Waals surface area contributed by atoms with Crippen molar-refractivity contribution in [3.8, 4) is 0 Å². The Hall–Kier alpha value is -2.05. The molecule has 0 heterocycles. The van der Waals surface area contributed by atoms with Crippen molar-refractivity contribution in [1.82, 2.24) is 10.2 Å². The van der Waals surface area contributed by atoms with E-state index < -0.39 is 23.4 Å². The van der Waals surface area contributed by atoms with Crippen LogP contribution in [0, 0.1) is 5.92 Å². The van der Waals surface area contributed by atoms with Crippen LogP contribution < -0.4 is 5.32 Å². The van der Waals surface area contributed by atoms with Crippen molar-refractivity contribution in [1.29, 1.82) is 0 Å². The molecule has 1 saturated carbocycles. The third kappa shape index (κ3) is 12.4. The first kappa shape index (κ1) is 27.0. The van der Waals surface area contributed by atoms with Gasteiger partial charge < -0.3 is 9.47 Å². The van der Waals surface area contributed by atoms with Crippen molar-refractivity contribution < 1.29 is 19.1 Å². The number of carbonyl (C=O) groups excluding carboxylic acids is 2. The Bertz CT molecular complexity index is 611. The van der Waals surface area contributed by atoms with Gasteiger partial charge in [0.05, 0.1) is 0 Å². The van der Waals surface area contributed by atoms with Crippen LogP contribution in [0.1, 0.15) is 92.9 Å². The molecule has 1 fully saturated rings. The molecule has 2 amide bonds. The molecule has 1 rings (SSSR count). The zero-order valence-corrected chi connectivity index (χ0v) is 20.5. The van der Waals surface area contributed by atoms with E-state index in [-0.39, 0.29) is 5.96 Å². The maximum absolute atomic E-state index is 13.0. The molecule has 0 aromatic carbocycles. The summed E-state index contributed by atoms with van der Waals surface area (Å²) in [5.74, 6) is 0.665. The SMILES string of the molecule is C=CCCCCN(C(=O)OC(C)(C)C)C(=NCC1CCCCC1)NC(=O)OC(C)(C)C. The maximum Gasteiger partial charge on any atom is 0.417 e. The molecular weight excluding hydrogens is 394 g/mol. The zero-order valence-electron chi connectivity index (χ0n) is 20.5. The number of hydrogen-bond donors (Lipinski definition) is 1. The molecule has 1 aliphatic carbocycles. The molecule has 178 valence electrons. The van der Waals surface area contributed by atoms with Crippen molar-refractivity contribution in [3.63, 3.8) is 0 Å². The first-order valence-corrected chi connectivity index (χ1v) is 11.6. The summed E-state index contributed by atoms with van der Waals surface area (Å²) in [6, 6.07) is 0. The highest BCUT2D eigenvalue weighted by Crippen LogP contribution is 2.24. The molecule has 0 unspecified atom stereocenters. The molecule has 7 heteroatoms. The molecule has 0 saturated heterocycles. The number of allylic oxidation sites excluding steroid dienone is 1. The van der Waals surface area contributed by atoms with Gasteiger partial charge in [0, 0.05) is 13.1 Å². The molecule has 1 aliphatic rings. The van der Waals surface area contributed by atoms with Gasteiger partial charge in [0.15, 0.2) is 0 Å². The standard InChI is InChI=1S/C24H43N3O4/c1-8-9-10-14-17-27(22(29)31-24(5,6)7)20(26-21(28)30-23(2,3)4)25-18-19-15-12-11-13-16-19/h8,19H,1,9-18H2,2-7H3,(H,25,26,28). The minimum atomic E-state index is -0.656. The van der Waals surface area contributed by atoms with Gasteiger partial charge in [0.1, 0.15) is 11.2 Å². The van der Waals surface area contributed by atoms with Crippen LogP contribution in [0.4, 0.5) is 9.59 Å². The number of unbranched alkanes of at least 4 members (excludes halogenated alkanes) is 2. The zero-order chi connectivity index (χ0) is 23.5. The van der Waals surface area contributed by atoms with E-state index in [2.05, 4.69) is 16.9 Å². The van der Waals surface area contributed by atoms with Crippen molar-refractivity contribution in [2.75, 3.05) is 13.1 Å². The third-order valence-corrected chi connectivity index (χ3v) is 4.75. The van der Waals surface area contributed by atoms with Gasteiger partial charge in [-0.2, -0.15) is 0 Å². The molecule has 0 aliphatic heterocycles. The number of alkyl carbamates (subject to hydrolysis) is 1. The summed E-state index contributed by atoms with van der Waals surface area (Å²) in [5, 5.41) is 2.71. The number of guanidine groups is 1. The normalized spacial score (nSPS) is 15.9. The van der Waals surface area contributed by atoms with Crippen LogP contribution in [0.2, 0.25) is 0 Å². The number of aliphatic imine (C=N–C) groups is 1. The van der Waals surface area contributed by atoms with E-state index in [9.17, 15) is 9.59 Å². The summed E-state index contributed by atoms with van der Waals surface area (Å²) in [6.45, 7) is 15.6. The molecule has 0 atom stereocenters. The number of ether oxygens (including phenoxy) is 2. The molecule has 7 nitrogen and oxygen atoms in total. The highest BCUT2D eigenvalue weighted by atomic mass is 16.6. The van der Waals surface area contributed by atoms with E-state index in [0.29, 0.717) is 19.0 Å². The highest BCUT2D eigenvalue weighted by Gasteiger charge is 2.28. The predicted molar refractivity (Wildman–Crippen MR) is 125 cm³/mol. The predicted octanol–water partition coefficient (Wildman–Crippen LogP) is 6.04. The van der Waals surface area contributed by atoms with Crippen molar-refractivity contribution >= 4 is 18.1 Å². The number of carbonyl (C=O) groups is 2. The lowest BCUT2D eigenvalue weighted by molar-refractivity contribution is 0.0356. The Morgan fingerprint density at radius 2 is 1.65 bits per heavy atom. The summed E-state index contributed by atoms with van der Waals surface area (Å²) >= 11 is 0. The number of nitrogens with one attached hydrogen (secondary N) is 1. The molecule has 0 spiro atoms. The van der Waals surface area contributed by atoms with Gasteiger partial charge in [0.2, 0.25) is 5.96 Å². The minimum Gasteiger partial charge on any atom is -0.444 e. The fraction of sp³-hybridized carbons (Fsp3) is 0.792. The first-order valence-electron chi connectivity index (χ1n) is 11.6. The van der Waals surface area contributed by atoms with Crippen LogP contribution in [0.15, 0.2) is 17.6 Å². The monoisotopic (exact) mass is 437 g/mol. The number of rotatable bonds is 7. The molecule has 1 N–H and O–H groups in total. The van der Waals surface area contributed by atoms with E-state index in [1.54, 1.807) is 20.8 Å². The number of hydrogen-bond acceptors (Lipinski definition) is 5. The molecule has 0 bridgehead atoms. The van der Waals surface area contributed by atoms with Crippen molar-refractivity contribution in [2.24, 2.45) is 10.9 Å². The lowest BCUT2D eigenvalue weighted by Gasteiger charge is -2.29. The summed E-state index contributed by atoms with van der Waals surface area (Å²) in [7, 11) is 0. The Kier molecular flexibility index (Phi) is 11.1. The first-order chi connectivity index (χ1) is 14.4. The molecule has 0 aromatic rings. The Balaban J connectivity index is 3.07. The van der Waals surface area contributed by atoms with E-state index in [4.69, 9.17) is 9.47 Å². The van der Waals surface area contributed by atoms with Crippen LogP contribution in [0.5, 0.6) is 0 Å². The quantitative estimate of drug-likeness (QED) is 0.228. The van der Waals surface area contributed by atoms with Crippen molar-refractivity contribution in [3.05, 3.63) is 12.7 Å². The van der Waals surface area contributed by atoms with E-state index in [1.165, 1.54) is 24.2 Å². The minimum absolute atomic E-state index is 0.202. The van der Waals surface area contributed by atoms with Crippen LogP contribution in [0.25, 0.3) is 0 Å². The number of nitrogens with zero attached hydrogens (tertiary/aromatic N) is 2. The molecule has 0 aromatic heterocycles. The summed E-state index contributed by atoms with van der Waals surface area (Å²) < 4.78 is 11.0. The lowest BCUT2D eigenvalue weighted by Crippen LogP contribution is -2.50. The van der Waals surface area contributed by atoms with Crippen LogP contribution in [-0.4, -0.2) is 47.3 Å². The van der Waals surface area contributed by atoms with Gasteiger partial charge in [-0.3, -0.25) is 10.3 Å². The van der Waals surface area contributed by atoms with E-state index >= 15 is 0 Å². The maximum atomic E-state index is 13.0. The van der Waals surface area contributed by atoms with E-state index in [0.717, 1.165) is 32.1 Å². The van der Waals surface area contributed by atoms with Gasteiger partial charge >= 0.3 is 12.2 Å². The second-order valence-corrected chi connectivity index (χ2v) is 10.2. The van der Waals surface area contributed by atoms with Crippen LogP contribution >= 0.6 is 0 Å². The Labute approximate surface area is 188 Å². The summed E-state index contributed by atoms with van der Waals surface area (Å²) in [5.41, 5.74) is -1.31. The smallest absolute Gasteiger partial charge is 0.417 e. The summed E-state index contributed by atoms with van der Waals surface area (Å²) in [6.07, 6.45) is 9.08. The largest absolute Gasteiger partial charge is 0.444 e. The molecule has 0 radical (unpaired) electrons. The van der Waals surface area contributed by atoms with Gasteiger partial charge in [-0.05, 0) is 79.6 Å². The van der Waals surface area contributed by atoms with E-state index in [1.807, 2.05) is 26.8 Å². The van der Waals surface area contributed by atoms with Gasteiger partial charge in [-0.15, -0.1) is 6.58 Å². The topological polar surface area (TPSA) is 80.2 Å². The fourth-order valence-corrected chi connectivity index (χ4v) is 3.33. The average Bonchev–Trinajstić information content (AvgIpc) is 2.63. The Morgan fingerprint density at radius 1 is 1.03 bits per heavy atom. The number of amides is 2. The second kappa shape index (κ2) is 12.7. The molecule has 31 heavy (non-hydrogen) atoms. The van der Waals surface area contributed by atoms with Crippen LogP contribution in [0.3, 0.4) is 0 Å². The molecular formula is C24H43N3O4. The van der Waals surface area contributed by atoms with Gasteiger partial charge in [0.25, 0.3) is 0 Å². The van der Waals surface area contributed by atoms with Gasteiger partial charge in [-0.25, -0.2) is 14.5 Å². The third-order valence-electron chi connectivity index (χ3n) is 4.75. The Morgan fingerprint density at radius 3 is 2.19 bits per heavy atom. The summed E-state index contributed by atoms with van der Waals surface area (Å²) in [4.78, 5) is 31.6. The fourth-order valence-electron chi connectivity index (χ4n) is 3.33. The second-order valence-electron chi connectivity index (χ2n) is 10.2. The van der Waals surface area contributed by atoms with Crippen LogP contribution in [-0.2, 0) is 9.47 Å².